The average molecular weight is 440 g/mol. The summed E-state index contributed by atoms with van der Waals surface area (Å²) in [5.74, 6) is -1.21. The topological polar surface area (TPSA) is 94.1 Å². The minimum absolute atomic E-state index is 0.231. The molecule has 0 fully saturated rings. The molecular formula is C19H19F3N4O3S. The van der Waals surface area contributed by atoms with Gasteiger partial charge in [0.25, 0.3) is 5.88 Å². The normalized spacial score (nSPS) is 13.2. The van der Waals surface area contributed by atoms with Crippen LogP contribution in [0.25, 0.3) is 11.0 Å². The Labute approximate surface area is 171 Å². The standard InChI is InChI=1S/C19H19F3N4O3S/c1-3-8-30(27,28)26-17-18(25-15-7-5-4-6-14(15)24-17)29-16(19(20,21)22)13-9-12(2)10-23-11-13/h4-7,9-11,16H,3,8H2,1-2H3,(H,24,26). The first kappa shape index (κ1) is 21.8. The molecule has 0 saturated heterocycles. The van der Waals surface area contributed by atoms with Gasteiger partial charge in [0.05, 0.1) is 16.8 Å². The molecule has 0 radical (unpaired) electrons. The molecule has 3 aromatic rings. The van der Waals surface area contributed by atoms with Gasteiger partial charge in [0, 0.05) is 18.0 Å². The third-order valence-electron chi connectivity index (χ3n) is 3.99. The van der Waals surface area contributed by atoms with E-state index in [-0.39, 0.29) is 16.8 Å². The number of nitrogens with one attached hydrogen (secondary N) is 1. The van der Waals surface area contributed by atoms with Gasteiger partial charge in [0.15, 0.2) is 0 Å². The van der Waals surface area contributed by atoms with Gasteiger partial charge in [-0.3, -0.25) is 9.71 Å². The summed E-state index contributed by atoms with van der Waals surface area (Å²) in [6.45, 7) is 3.26. The van der Waals surface area contributed by atoms with Crippen LogP contribution in [0.2, 0.25) is 0 Å². The number of alkyl halides is 3. The van der Waals surface area contributed by atoms with Crippen LogP contribution in [0, 0.1) is 6.92 Å². The second-order valence-corrected chi connectivity index (χ2v) is 8.46. The van der Waals surface area contributed by atoms with Crippen molar-refractivity contribution < 1.29 is 26.3 Å². The van der Waals surface area contributed by atoms with Gasteiger partial charge >= 0.3 is 6.18 Å². The van der Waals surface area contributed by atoms with E-state index in [1.54, 1.807) is 32.0 Å². The first-order valence-corrected chi connectivity index (χ1v) is 10.7. The van der Waals surface area contributed by atoms with E-state index < -0.39 is 34.0 Å². The molecule has 30 heavy (non-hydrogen) atoms. The molecule has 1 atom stereocenters. The fourth-order valence-electron chi connectivity index (χ4n) is 2.76. The molecule has 0 saturated carbocycles. The largest absolute Gasteiger partial charge is 0.457 e. The van der Waals surface area contributed by atoms with Crippen molar-refractivity contribution in [3.8, 4) is 5.88 Å². The van der Waals surface area contributed by atoms with E-state index in [2.05, 4.69) is 19.7 Å². The third-order valence-corrected chi connectivity index (χ3v) is 5.44. The van der Waals surface area contributed by atoms with Gasteiger partial charge in [-0.2, -0.15) is 13.2 Å². The predicted octanol–water partition coefficient (Wildman–Crippen LogP) is 4.17. The maximum Gasteiger partial charge on any atom is 0.429 e. The Morgan fingerprint density at radius 1 is 1.13 bits per heavy atom. The first-order valence-electron chi connectivity index (χ1n) is 9.01. The van der Waals surface area contributed by atoms with Crippen LogP contribution in [0.5, 0.6) is 5.88 Å². The molecule has 0 amide bonds. The first-order chi connectivity index (χ1) is 14.1. The summed E-state index contributed by atoms with van der Waals surface area (Å²) in [5, 5.41) is 0. The number of ether oxygens (including phenoxy) is 1. The highest BCUT2D eigenvalue weighted by Gasteiger charge is 2.44. The number of para-hydroxylation sites is 2. The van der Waals surface area contributed by atoms with Crippen LogP contribution in [-0.2, 0) is 10.0 Å². The van der Waals surface area contributed by atoms with Crippen LogP contribution in [-0.4, -0.2) is 35.3 Å². The zero-order valence-electron chi connectivity index (χ0n) is 16.1. The van der Waals surface area contributed by atoms with Crippen molar-refractivity contribution in [2.45, 2.75) is 32.5 Å². The van der Waals surface area contributed by atoms with Crippen LogP contribution >= 0.6 is 0 Å². The van der Waals surface area contributed by atoms with E-state index in [0.29, 0.717) is 17.5 Å². The lowest BCUT2D eigenvalue weighted by molar-refractivity contribution is -0.198. The summed E-state index contributed by atoms with van der Waals surface area (Å²) in [5.41, 5.74) is 0.840. The monoisotopic (exact) mass is 440 g/mol. The molecule has 1 N–H and O–H groups in total. The van der Waals surface area contributed by atoms with Crippen LogP contribution in [0.15, 0.2) is 42.7 Å². The molecular weight excluding hydrogens is 421 g/mol. The second-order valence-electron chi connectivity index (χ2n) is 6.62. The molecule has 1 unspecified atom stereocenters. The third kappa shape index (κ3) is 5.15. The average Bonchev–Trinajstić information content (AvgIpc) is 2.64. The number of anilines is 1. The number of nitrogens with zero attached hydrogens (tertiary/aromatic N) is 3. The quantitative estimate of drug-likeness (QED) is 0.593. The van der Waals surface area contributed by atoms with Gasteiger partial charge in [-0.05, 0) is 37.1 Å². The van der Waals surface area contributed by atoms with Gasteiger partial charge < -0.3 is 4.74 Å². The van der Waals surface area contributed by atoms with E-state index in [0.717, 1.165) is 6.20 Å². The van der Waals surface area contributed by atoms with Crippen molar-refractivity contribution >= 4 is 26.9 Å². The molecule has 2 aromatic heterocycles. The highest BCUT2D eigenvalue weighted by molar-refractivity contribution is 7.92. The van der Waals surface area contributed by atoms with Crippen LogP contribution < -0.4 is 9.46 Å². The summed E-state index contributed by atoms with van der Waals surface area (Å²) < 4.78 is 73.2. The molecule has 2 heterocycles. The minimum atomic E-state index is -4.80. The number of pyridine rings is 1. The summed E-state index contributed by atoms with van der Waals surface area (Å²) >= 11 is 0. The van der Waals surface area contributed by atoms with Gasteiger partial charge in [0.1, 0.15) is 0 Å². The number of hydrogen-bond acceptors (Lipinski definition) is 6. The van der Waals surface area contributed by atoms with Crippen LogP contribution in [0.1, 0.15) is 30.6 Å². The molecule has 11 heteroatoms. The Kier molecular flexibility index (Phi) is 6.11. The highest BCUT2D eigenvalue weighted by atomic mass is 32.2. The lowest BCUT2D eigenvalue weighted by atomic mass is 10.1. The molecule has 0 aliphatic carbocycles. The molecule has 0 bridgehead atoms. The molecule has 0 aliphatic heterocycles. The number of sulfonamides is 1. The minimum Gasteiger partial charge on any atom is -0.457 e. The zero-order valence-corrected chi connectivity index (χ0v) is 17.0. The van der Waals surface area contributed by atoms with Crippen molar-refractivity contribution in [2.75, 3.05) is 10.5 Å². The Balaban J connectivity index is 2.10. The second kappa shape index (κ2) is 8.42. The molecule has 0 spiro atoms. The summed E-state index contributed by atoms with van der Waals surface area (Å²) in [4.78, 5) is 12.0. The number of aromatic nitrogens is 3. The number of fused-ring (bicyclic) bond motifs is 1. The molecule has 0 aliphatic rings. The Morgan fingerprint density at radius 3 is 2.40 bits per heavy atom. The van der Waals surface area contributed by atoms with Gasteiger partial charge in [0.2, 0.25) is 21.9 Å². The molecule has 160 valence electrons. The van der Waals surface area contributed by atoms with Gasteiger partial charge in [-0.25, -0.2) is 18.4 Å². The summed E-state index contributed by atoms with van der Waals surface area (Å²) in [7, 11) is -3.84. The number of halogens is 3. The SMILES string of the molecule is CCCS(=O)(=O)Nc1nc2ccccc2nc1OC(c1cncc(C)c1)C(F)(F)F. The van der Waals surface area contributed by atoms with E-state index in [4.69, 9.17) is 4.74 Å². The number of hydrogen-bond donors (Lipinski definition) is 1. The number of aryl methyl sites for hydroxylation is 1. The van der Waals surface area contributed by atoms with Crippen LogP contribution in [0.3, 0.4) is 0 Å². The number of benzene rings is 1. The summed E-state index contributed by atoms with van der Waals surface area (Å²) in [6.07, 6.45) is -4.44. The van der Waals surface area contributed by atoms with Crippen molar-refractivity contribution in [1.29, 1.82) is 0 Å². The Hall–Kier alpha value is -2.95. The maximum absolute atomic E-state index is 13.8. The smallest absolute Gasteiger partial charge is 0.429 e. The molecule has 1 aromatic carbocycles. The summed E-state index contributed by atoms with van der Waals surface area (Å²) in [6, 6.07) is 7.68. The van der Waals surface area contributed by atoms with Crippen molar-refractivity contribution in [3.63, 3.8) is 0 Å². The van der Waals surface area contributed by atoms with E-state index in [1.807, 2.05) is 0 Å². The lowest BCUT2D eigenvalue weighted by Gasteiger charge is -2.23. The fraction of sp³-hybridized carbons (Fsp3) is 0.316. The van der Waals surface area contributed by atoms with Crippen molar-refractivity contribution in [3.05, 3.63) is 53.9 Å². The fourth-order valence-corrected chi connectivity index (χ4v) is 3.82. The van der Waals surface area contributed by atoms with E-state index in [1.165, 1.54) is 18.3 Å². The van der Waals surface area contributed by atoms with Crippen LogP contribution in [0.4, 0.5) is 19.0 Å². The highest BCUT2D eigenvalue weighted by Crippen LogP contribution is 2.38. The lowest BCUT2D eigenvalue weighted by Crippen LogP contribution is -2.27. The van der Waals surface area contributed by atoms with E-state index in [9.17, 15) is 21.6 Å². The van der Waals surface area contributed by atoms with E-state index >= 15 is 0 Å². The maximum atomic E-state index is 13.8. The van der Waals surface area contributed by atoms with Gasteiger partial charge in [-0.1, -0.05) is 19.1 Å². The van der Waals surface area contributed by atoms with Crippen molar-refractivity contribution in [2.24, 2.45) is 0 Å². The molecule has 7 nitrogen and oxygen atoms in total. The molecule has 3 rings (SSSR count). The zero-order chi connectivity index (χ0) is 21.9. The Bertz CT molecular complexity index is 1150. The van der Waals surface area contributed by atoms with Gasteiger partial charge in [-0.15, -0.1) is 0 Å². The van der Waals surface area contributed by atoms with Crippen molar-refractivity contribution in [1.82, 2.24) is 15.0 Å². The number of rotatable bonds is 7. The predicted molar refractivity (Wildman–Crippen MR) is 106 cm³/mol. The Morgan fingerprint density at radius 2 is 1.80 bits per heavy atom.